The summed E-state index contributed by atoms with van der Waals surface area (Å²) in [6, 6.07) is 12.2. The number of ether oxygens (including phenoxy) is 1. The molecule has 0 radical (unpaired) electrons. The van der Waals surface area contributed by atoms with Crippen LogP contribution in [0.2, 0.25) is 5.02 Å². The van der Waals surface area contributed by atoms with Crippen LogP contribution in [0.15, 0.2) is 53.8 Å². The number of hydrazone groups is 1. The minimum absolute atomic E-state index is 0.139. The van der Waals surface area contributed by atoms with Crippen LogP contribution in [0.25, 0.3) is 0 Å². The van der Waals surface area contributed by atoms with Crippen molar-refractivity contribution in [3.05, 3.63) is 59.4 Å². The second-order valence-corrected chi connectivity index (χ2v) is 4.23. The Kier molecular flexibility index (Phi) is 5.08. The van der Waals surface area contributed by atoms with Crippen LogP contribution in [0.1, 0.15) is 5.69 Å². The average molecular weight is 290 g/mol. The van der Waals surface area contributed by atoms with Gasteiger partial charge in [-0.1, -0.05) is 23.7 Å². The van der Waals surface area contributed by atoms with Gasteiger partial charge in [0.1, 0.15) is 5.75 Å². The molecular weight excluding hydrogens is 278 g/mol. The van der Waals surface area contributed by atoms with Crippen molar-refractivity contribution in [3.8, 4) is 5.75 Å². The van der Waals surface area contributed by atoms with Crippen LogP contribution in [0.4, 0.5) is 0 Å². The van der Waals surface area contributed by atoms with Crippen molar-refractivity contribution in [3.63, 3.8) is 0 Å². The summed E-state index contributed by atoms with van der Waals surface area (Å²) in [4.78, 5) is 15.5. The van der Waals surface area contributed by atoms with Crippen molar-refractivity contribution in [2.75, 3.05) is 6.61 Å². The summed E-state index contributed by atoms with van der Waals surface area (Å²) in [6.45, 7) is -0.139. The summed E-state index contributed by atoms with van der Waals surface area (Å²) in [6.07, 6.45) is 3.10. The van der Waals surface area contributed by atoms with Gasteiger partial charge in [-0.2, -0.15) is 5.10 Å². The van der Waals surface area contributed by atoms with Crippen molar-refractivity contribution in [2.24, 2.45) is 5.10 Å². The first-order valence-electron chi connectivity index (χ1n) is 5.85. The van der Waals surface area contributed by atoms with Crippen LogP contribution >= 0.6 is 11.6 Å². The standard InChI is InChI=1S/C14H12ClN3O2/c15-11-4-3-6-13(8-11)20-10-14(19)18-17-9-12-5-1-2-7-16-12/h1-9H,10H2,(H,18,19)/b17-9+. The molecule has 2 rings (SSSR count). The second-order valence-electron chi connectivity index (χ2n) is 3.79. The first-order valence-corrected chi connectivity index (χ1v) is 6.23. The fourth-order valence-electron chi connectivity index (χ4n) is 1.36. The molecule has 0 aliphatic rings. The molecule has 0 aliphatic carbocycles. The van der Waals surface area contributed by atoms with E-state index in [9.17, 15) is 4.79 Å². The van der Waals surface area contributed by atoms with E-state index < -0.39 is 0 Å². The van der Waals surface area contributed by atoms with E-state index in [0.29, 0.717) is 16.5 Å². The van der Waals surface area contributed by atoms with Crippen LogP contribution in [-0.4, -0.2) is 23.7 Å². The van der Waals surface area contributed by atoms with Gasteiger partial charge in [0.2, 0.25) is 0 Å². The molecule has 0 aliphatic heterocycles. The third kappa shape index (κ3) is 4.70. The highest BCUT2D eigenvalue weighted by atomic mass is 35.5. The van der Waals surface area contributed by atoms with Crippen molar-refractivity contribution in [1.82, 2.24) is 10.4 Å². The Hall–Kier alpha value is -2.40. The number of carbonyl (C=O) groups is 1. The minimum Gasteiger partial charge on any atom is -0.484 e. The van der Waals surface area contributed by atoms with Gasteiger partial charge in [0.05, 0.1) is 11.9 Å². The van der Waals surface area contributed by atoms with Crippen LogP contribution < -0.4 is 10.2 Å². The maximum absolute atomic E-state index is 11.5. The molecule has 6 heteroatoms. The molecule has 1 amide bonds. The molecule has 102 valence electrons. The molecule has 5 nitrogen and oxygen atoms in total. The fraction of sp³-hybridized carbons (Fsp3) is 0.0714. The summed E-state index contributed by atoms with van der Waals surface area (Å²) in [5.41, 5.74) is 3.00. The van der Waals surface area contributed by atoms with E-state index in [1.165, 1.54) is 6.21 Å². The minimum atomic E-state index is -0.364. The summed E-state index contributed by atoms with van der Waals surface area (Å²) < 4.78 is 5.27. The number of nitrogens with one attached hydrogen (secondary N) is 1. The molecule has 0 unspecified atom stereocenters. The maximum atomic E-state index is 11.5. The third-order valence-electron chi connectivity index (χ3n) is 2.24. The number of amides is 1. The van der Waals surface area contributed by atoms with E-state index in [4.69, 9.17) is 16.3 Å². The van der Waals surface area contributed by atoms with E-state index in [-0.39, 0.29) is 12.5 Å². The Morgan fingerprint density at radius 3 is 3.00 bits per heavy atom. The lowest BCUT2D eigenvalue weighted by atomic mass is 10.3. The van der Waals surface area contributed by atoms with E-state index in [0.717, 1.165) is 0 Å². The molecule has 0 saturated carbocycles. The van der Waals surface area contributed by atoms with E-state index in [2.05, 4.69) is 15.5 Å². The van der Waals surface area contributed by atoms with E-state index in [1.807, 2.05) is 6.07 Å². The Labute approximate surface area is 121 Å². The van der Waals surface area contributed by atoms with Crippen LogP contribution in [0, 0.1) is 0 Å². The molecule has 0 atom stereocenters. The Bertz CT molecular complexity index is 602. The third-order valence-corrected chi connectivity index (χ3v) is 2.47. The van der Waals surface area contributed by atoms with Crippen molar-refractivity contribution in [2.45, 2.75) is 0 Å². The molecule has 0 saturated heterocycles. The van der Waals surface area contributed by atoms with Crippen molar-refractivity contribution < 1.29 is 9.53 Å². The van der Waals surface area contributed by atoms with Gasteiger partial charge < -0.3 is 4.74 Å². The number of nitrogens with zero attached hydrogens (tertiary/aromatic N) is 2. The van der Waals surface area contributed by atoms with Crippen molar-refractivity contribution in [1.29, 1.82) is 0 Å². The quantitative estimate of drug-likeness (QED) is 0.678. The van der Waals surface area contributed by atoms with Gasteiger partial charge >= 0.3 is 0 Å². The van der Waals surface area contributed by atoms with E-state index >= 15 is 0 Å². The maximum Gasteiger partial charge on any atom is 0.277 e. The average Bonchev–Trinajstić information content (AvgIpc) is 2.46. The Balaban J connectivity index is 1.77. The highest BCUT2D eigenvalue weighted by molar-refractivity contribution is 6.30. The van der Waals surface area contributed by atoms with Gasteiger partial charge in [0, 0.05) is 11.2 Å². The Morgan fingerprint density at radius 1 is 1.35 bits per heavy atom. The number of benzene rings is 1. The molecule has 1 aromatic heterocycles. The molecule has 1 aromatic carbocycles. The highest BCUT2D eigenvalue weighted by Gasteiger charge is 2.01. The second kappa shape index (κ2) is 7.25. The molecule has 20 heavy (non-hydrogen) atoms. The van der Waals surface area contributed by atoms with Gasteiger partial charge in [-0.15, -0.1) is 0 Å². The SMILES string of the molecule is O=C(COc1cccc(Cl)c1)N/N=C/c1ccccn1. The lowest BCUT2D eigenvalue weighted by Crippen LogP contribution is -2.24. The monoisotopic (exact) mass is 289 g/mol. The predicted octanol–water partition coefficient (Wildman–Crippen LogP) is 2.26. The van der Waals surface area contributed by atoms with Crippen molar-refractivity contribution >= 4 is 23.7 Å². The van der Waals surface area contributed by atoms with E-state index in [1.54, 1.807) is 42.6 Å². The van der Waals surface area contributed by atoms with Crippen LogP contribution in [-0.2, 0) is 4.79 Å². The number of halogens is 1. The summed E-state index contributed by atoms with van der Waals surface area (Å²) in [5, 5.41) is 4.33. The summed E-state index contributed by atoms with van der Waals surface area (Å²) in [7, 11) is 0. The predicted molar refractivity (Wildman–Crippen MR) is 76.9 cm³/mol. The number of carbonyl (C=O) groups excluding carboxylic acids is 1. The number of rotatable bonds is 5. The topological polar surface area (TPSA) is 63.6 Å². The summed E-state index contributed by atoms with van der Waals surface area (Å²) in [5.74, 6) is 0.165. The first kappa shape index (κ1) is 14.0. The molecule has 1 N–H and O–H groups in total. The van der Waals surface area contributed by atoms with Gasteiger partial charge in [0.15, 0.2) is 6.61 Å². The lowest BCUT2D eigenvalue weighted by Gasteiger charge is -2.04. The first-order chi connectivity index (χ1) is 9.74. The lowest BCUT2D eigenvalue weighted by molar-refractivity contribution is -0.123. The van der Waals surface area contributed by atoms with Crippen LogP contribution in [0.5, 0.6) is 5.75 Å². The Morgan fingerprint density at radius 2 is 2.25 bits per heavy atom. The van der Waals surface area contributed by atoms with Gasteiger partial charge in [-0.05, 0) is 30.3 Å². The molecule has 1 heterocycles. The molecule has 0 bridgehead atoms. The molecule has 0 fully saturated rings. The largest absolute Gasteiger partial charge is 0.484 e. The molecule has 2 aromatic rings. The molecule has 0 spiro atoms. The van der Waals surface area contributed by atoms with Crippen LogP contribution in [0.3, 0.4) is 0 Å². The smallest absolute Gasteiger partial charge is 0.277 e. The van der Waals surface area contributed by atoms with Gasteiger partial charge in [-0.25, -0.2) is 5.43 Å². The number of aromatic nitrogens is 1. The zero-order valence-corrected chi connectivity index (χ0v) is 11.2. The summed E-state index contributed by atoms with van der Waals surface area (Å²) >= 11 is 5.80. The zero-order valence-electron chi connectivity index (χ0n) is 10.5. The van der Waals surface area contributed by atoms with Gasteiger partial charge in [-0.3, -0.25) is 9.78 Å². The number of pyridine rings is 1. The van der Waals surface area contributed by atoms with Gasteiger partial charge in [0.25, 0.3) is 5.91 Å². The number of hydrogen-bond acceptors (Lipinski definition) is 4. The normalized spacial score (nSPS) is 10.4. The highest BCUT2D eigenvalue weighted by Crippen LogP contribution is 2.16. The fourth-order valence-corrected chi connectivity index (χ4v) is 1.54. The molecular formula is C14H12ClN3O2. The zero-order chi connectivity index (χ0) is 14.2. The number of hydrogen-bond donors (Lipinski definition) is 1.